The van der Waals surface area contributed by atoms with E-state index in [2.05, 4.69) is 79.9 Å². The summed E-state index contributed by atoms with van der Waals surface area (Å²) in [5.74, 6) is -0.200. The SMILES string of the molecule is CC/C=C\C/C=C\C/C=C\C/C=C\C/C=C\CCCCCCCCCCCCCCCCCCCCCCCCCC(=O)NC(COC1OC(CO)C(OC2OC(CO)C(O)C(O)C2O)C(O)C1O)C(O)CCCCCCCCCCCCCCCCCCCCC. The van der Waals surface area contributed by atoms with Gasteiger partial charge in [-0.05, 0) is 57.8 Å². The normalized spacial score (nSPS) is 23.0. The van der Waals surface area contributed by atoms with Gasteiger partial charge in [-0.25, -0.2) is 0 Å². The maximum Gasteiger partial charge on any atom is 0.220 e. The molecule has 2 rings (SSSR count). The number of aliphatic hydroxyl groups is 8. The van der Waals surface area contributed by atoms with Crippen LogP contribution in [-0.4, -0.2) is 140 Å². The largest absolute Gasteiger partial charge is 0.394 e. The van der Waals surface area contributed by atoms with Crippen molar-refractivity contribution in [1.82, 2.24) is 5.32 Å². The minimum absolute atomic E-state index is 0.200. The maximum atomic E-state index is 13.4. The second-order valence-electron chi connectivity index (χ2n) is 27.1. The van der Waals surface area contributed by atoms with Crippen molar-refractivity contribution < 1.29 is 64.6 Å². The number of nitrogens with one attached hydrogen (secondary N) is 1. The predicted octanol–water partition coefficient (Wildman–Crippen LogP) is 16.8. The minimum atomic E-state index is -1.78. The molecule has 0 aromatic carbocycles. The van der Waals surface area contributed by atoms with Crippen molar-refractivity contribution in [2.75, 3.05) is 19.8 Å². The van der Waals surface area contributed by atoms with Crippen LogP contribution in [0.25, 0.3) is 0 Å². The Kier molecular flexibility index (Phi) is 58.0. The number of amides is 1. The predicted molar refractivity (Wildman–Crippen MR) is 378 cm³/mol. The summed E-state index contributed by atoms with van der Waals surface area (Å²) in [6, 6.07) is -0.829. The molecule has 9 N–H and O–H groups in total. The molecule has 0 aliphatic carbocycles. The third kappa shape index (κ3) is 45.2. The number of hydrogen-bond donors (Lipinski definition) is 9. The van der Waals surface area contributed by atoms with Gasteiger partial charge in [0.05, 0.1) is 32.0 Å². The third-order valence-electron chi connectivity index (χ3n) is 18.7. The molecule has 2 aliphatic rings. The van der Waals surface area contributed by atoms with Crippen LogP contribution in [-0.2, 0) is 23.7 Å². The van der Waals surface area contributed by atoms with Crippen molar-refractivity contribution in [2.24, 2.45) is 0 Å². The average Bonchev–Trinajstić information content (AvgIpc) is 1.05. The van der Waals surface area contributed by atoms with E-state index in [1.165, 1.54) is 225 Å². The Balaban J connectivity index is 1.57. The van der Waals surface area contributed by atoms with Crippen LogP contribution >= 0.6 is 0 Å². The van der Waals surface area contributed by atoms with Gasteiger partial charge >= 0.3 is 0 Å². The van der Waals surface area contributed by atoms with E-state index in [0.717, 1.165) is 83.5 Å². The molecular weight excluding hydrogens is 1160 g/mol. The number of carbonyl (C=O) groups is 1. The lowest BCUT2D eigenvalue weighted by molar-refractivity contribution is -0.359. The van der Waals surface area contributed by atoms with E-state index in [0.29, 0.717) is 12.8 Å². The molecule has 14 heteroatoms. The van der Waals surface area contributed by atoms with Crippen molar-refractivity contribution >= 4 is 5.91 Å². The van der Waals surface area contributed by atoms with Crippen molar-refractivity contribution in [3.63, 3.8) is 0 Å². The fourth-order valence-electron chi connectivity index (χ4n) is 12.7. The molecule has 12 unspecified atom stereocenters. The zero-order chi connectivity index (χ0) is 66.6. The molecule has 12 atom stereocenters. The van der Waals surface area contributed by atoms with Gasteiger partial charge in [0.2, 0.25) is 5.91 Å². The van der Waals surface area contributed by atoms with E-state index in [-0.39, 0.29) is 12.5 Å². The third-order valence-corrected chi connectivity index (χ3v) is 18.7. The first-order valence-corrected chi connectivity index (χ1v) is 38.5. The molecule has 0 saturated carbocycles. The average molecular weight is 1300 g/mol. The smallest absolute Gasteiger partial charge is 0.220 e. The molecule has 1 amide bonds. The van der Waals surface area contributed by atoms with Crippen LogP contribution < -0.4 is 5.32 Å². The zero-order valence-electron chi connectivity index (χ0n) is 58.8. The Morgan fingerprint density at radius 3 is 1.15 bits per heavy atom. The van der Waals surface area contributed by atoms with Gasteiger partial charge in [0, 0.05) is 6.42 Å². The summed E-state index contributed by atoms with van der Waals surface area (Å²) in [6.45, 7) is 2.79. The lowest BCUT2D eigenvalue weighted by atomic mass is 9.97. The fraction of sp³-hybridized carbons (Fsp3) is 0.859. The van der Waals surface area contributed by atoms with E-state index in [1.807, 2.05) is 0 Å². The Morgan fingerprint density at radius 2 is 0.750 bits per heavy atom. The zero-order valence-corrected chi connectivity index (χ0v) is 58.8. The fourth-order valence-corrected chi connectivity index (χ4v) is 12.7. The molecular formula is C78H143NO13. The standard InChI is InChI=1S/C78H143NO13/c1-3-5-7-9-11-13-15-17-19-21-23-24-25-26-27-28-29-30-31-32-33-34-35-36-37-38-39-40-41-42-44-46-48-50-52-54-56-58-60-62-70(83)79-66(67(82)61-59-57-55-53-51-49-47-45-43-22-20-18-16-14-12-10-8-6-4-2)65-89-77-75(88)73(86)76(69(64-81)91-77)92-78-74(87)72(85)71(84)68(63-80)90-78/h5,7,11,13,17,19,23-24,26-27,66-69,71-78,80-82,84-88H,3-4,6,8-10,12,14-16,18,20-22,25,28-65H2,1-2H3,(H,79,83)/b7-5-,13-11-,19-17-,24-23-,27-26-. The van der Waals surface area contributed by atoms with Crippen LogP contribution in [0.3, 0.4) is 0 Å². The van der Waals surface area contributed by atoms with Crippen LogP contribution in [0.5, 0.6) is 0 Å². The lowest BCUT2D eigenvalue weighted by Gasteiger charge is -2.46. The molecule has 538 valence electrons. The van der Waals surface area contributed by atoms with E-state index in [9.17, 15) is 45.6 Å². The summed E-state index contributed by atoms with van der Waals surface area (Å²) in [6.07, 6.45) is 66.9. The quantitative estimate of drug-likeness (QED) is 0.0204. The van der Waals surface area contributed by atoms with Gasteiger partial charge in [-0.1, -0.05) is 331 Å². The molecule has 0 radical (unpaired) electrons. The highest BCUT2D eigenvalue weighted by molar-refractivity contribution is 5.76. The van der Waals surface area contributed by atoms with Crippen LogP contribution in [0.15, 0.2) is 60.8 Å². The van der Waals surface area contributed by atoms with Crippen molar-refractivity contribution in [3.05, 3.63) is 60.8 Å². The van der Waals surface area contributed by atoms with Gasteiger partial charge in [-0.3, -0.25) is 4.79 Å². The molecule has 2 saturated heterocycles. The summed E-state index contributed by atoms with van der Waals surface area (Å²) in [4.78, 5) is 13.4. The van der Waals surface area contributed by atoms with Crippen molar-refractivity contribution in [2.45, 2.75) is 408 Å². The van der Waals surface area contributed by atoms with Crippen LogP contribution in [0.1, 0.15) is 335 Å². The highest BCUT2D eigenvalue weighted by Gasteiger charge is 2.51. The van der Waals surface area contributed by atoms with Gasteiger partial charge in [-0.2, -0.15) is 0 Å². The molecule has 2 fully saturated rings. The second kappa shape index (κ2) is 62.2. The first-order chi connectivity index (χ1) is 45.1. The van der Waals surface area contributed by atoms with Gasteiger partial charge in [0.25, 0.3) is 0 Å². The highest BCUT2D eigenvalue weighted by Crippen LogP contribution is 2.30. The summed E-state index contributed by atoms with van der Waals surface area (Å²) in [5.41, 5.74) is 0. The molecule has 0 aromatic rings. The van der Waals surface area contributed by atoms with Crippen molar-refractivity contribution in [3.8, 4) is 0 Å². The van der Waals surface area contributed by atoms with Crippen LogP contribution in [0, 0.1) is 0 Å². The summed E-state index contributed by atoms with van der Waals surface area (Å²) < 4.78 is 22.9. The molecule has 92 heavy (non-hydrogen) atoms. The summed E-state index contributed by atoms with van der Waals surface area (Å²) >= 11 is 0. The van der Waals surface area contributed by atoms with E-state index < -0.39 is 86.8 Å². The van der Waals surface area contributed by atoms with Gasteiger partial charge in [0.15, 0.2) is 12.6 Å². The van der Waals surface area contributed by atoms with E-state index in [1.54, 1.807) is 0 Å². The topological polar surface area (TPSA) is 228 Å². The second-order valence-corrected chi connectivity index (χ2v) is 27.1. The van der Waals surface area contributed by atoms with Crippen molar-refractivity contribution in [1.29, 1.82) is 0 Å². The number of ether oxygens (including phenoxy) is 4. The highest BCUT2D eigenvalue weighted by atomic mass is 16.7. The summed E-state index contributed by atoms with van der Waals surface area (Å²) in [5, 5.41) is 87.7. The Bertz CT molecular complexity index is 1780. The van der Waals surface area contributed by atoms with E-state index >= 15 is 0 Å². The Labute approximate surface area is 562 Å². The number of carbonyl (C=O) groups excluding carboxylic acids is 1. The van der Waals surface area contributed by atoms with Crippen LogP contribution in [0.4, 0.5) is 0 Å². The minimum Gasteiger partial charge on any atom is -0.394 e. The monoisotopic (exact) mass is 1300 g/mol. The van der Waals surface area contributed by atoms with Gasteiger partial charge < -0.3 is 65.1 Å². The molecule has 14 nitrogen and oxygen atoms in total. The molecule has 0 bridgehead atoms. The number of unbranched alkanes of at least 4 members (excludes halogenated alkanes) is 41. The number of hydrogen-bond acceptors (Lipinski definition) is 13. The Hall–Kier alpha value is -2.31. The molecule has 0 aromatic heterocycles. The molecule has 0 spiro atoms. The first-order valence-electron chi connectivity index (χ1n) is 38.5. The Morgan fingerprint density at radius 1 is 0.402 bits per heavy atom. The lowest BCUT2D eigenvalue weighted by Crippen LogP contribution is -2.65. The molecule has 2 aliphatic heterocycles. The van der Waals surface area contributed by atoms with Gasteiger partial charge in [0.1, 0.15) is 48.8 Å². The number of aliphatic hydroxyl groups excluding tert-OH is 8. The molecule has 2 heterocycles. The maximum absolute atomic E-state index is 13.4. The summed E-state index contributed by atoms with van der Waals surface area (Å²) in [7, 11) is 0. The van der Waals surface area contributed by atoms with Gasteiger partial charge in [-0.15, -0.1) is 0 Å². The van der Waals surface area contributed by atoms with E-state index in [4.69, 9.17) is 18.9 Å². The first kappa shape index (κ1) is 85.8. The number of rotatable bonds is 64. The number of allylic oxidation sites excluding steroid dienone is 10. The van der Waals surface area contributed by atoms with Crippen LogP contribution in [0.2, 0.25) is 0 Å².